The van der Waals surface area contributed by atoms with Crippen LogP contribution in [0, 0.1) is 15.9 Å². The summed E-state index contributed by atoms with van der Waals surface area (Å²) in [5.74, 6) is -0.749. The van der Waals surface area contributed by atoms with Gasteiger partial charge in [-0.3, -0.25) is 15.0 Å². The Balaban J connectivity index is 1.62. The van der Waals surface area contributed by atoms with Crippen LogP contribution in [0.1, 0.15) is 5.56 Å². The molecule has 2 aromatic rings. The molecule has 9 heteroatoms. The molecule has 1 saturated heterocycles. The molecule has 0 unspecified atom stereocenters. The topological polar surface area (TPSA) is 83.8 Å². The molecule has 0 aromatic heterocycles. The van der Waals surface area contributed by atoms with E-state index in [-0.39, 0.29) is 23.7 Å². The smallest absolute Gasteiger partial charge is 0.269 e. The Morgan fingerprint density at radius 1 is 1.00 bits per heavy atom. The van der Waals surface area contributed by atoms with Crippen LogP contribution in [0.15, 0.2) is 53.4 Å². The molecular weight excluding hydrogens is 361 g/mol. The van der Waals surface area contributed by atoms with Crippen LogP contribution in [-0.4, -0.2) is 48.7 Å². The number of non-ortho nitro benzene ring substituents is 1. The van der Waals surface area contributed by atoms with Crippen LogP contribution in [0.2, 0.25) is 0 Å². The average Bonchev–Trinajstić information content (AvgIpc) is 2.63. The van der Waals surface area contributed by atoms with E-state index < -0.39 is 20.8 Å². The normalized spacial score (nSPS) is 16.5. The molecule has 1 aliphatic heterocycles. The number of rotatable bonds is 5. The summed E-state index contributed by atoms with van der Waals surface area (Å²) in [4.78, 5) is 12.0. The highest BCUT2D eigenvalue weighted by Gasteiger charge is 2.30. The Labute approximate surface area is 150 Å². The van der Waals surface area contributed by atoms with Gasteiger partial charge in [-0.2, -0.15) is 4.31 Å². The minimum Gasteiger partial charge on any atom is -0.296 e. The van der Waals surface area contributed by atoms with Gasteiger partial charge in [0.05, 0.1) is 4.92 Å². The van der Waals surface area contributed by atoms with Crippen LogP contribution in [0.3, 0.4) is 0 Å². The SMILES string of the molecule is O=[N+]([O-])c1ccc(CN2CCN(S(=O)(=O)c3ccccc3F)CC2)cc1. The van der Waals surface area contributed by atoms with E-state index in [1.165, 1.54) is 34.6 Å². The monoisotopic (exact) mass is 379 g/mol. The van der Waals surface area contributed by atoms with Gasteiger partial charge in [-0.05, 0) is 17.7 Å². The van der Waals surface area contributed by atoms with E-state index in [2.05, 4.69) is 4.90 Å². The Morgan fingerprint density at radius 2 is 1.62 bits per heavy atom. The first-order valence-corrected chi connectivity index (χ1v) is 9.52. The minimum absolute atomic E-state index is 0.0366. The highest BCUT2D eigenvalue weighted by atomic mass is 32.2. The van der Waals surface area contributed by atoms with Crippen LogP contribution in [0.25, 0.3) is 0 Å². The van der Waals surface area contributed by atoms with Crippen molar-refractivity contribution in [2.75, 3.05) is 26.2 Å². The molecule has 26 heavy (non-hydrogen) atoms. The third-order valence-electron chi connectivity index (χ3n) is 4.34. The lowest BCUT2D eigenvalue weighted by molar-refractivity contribution is -0.384. The van der Waals surface area contributed by atoms with Crippen LogP contribution in [0.5, 0.6) is 0 Å². The number of sulfonamides is 1. The summed E-state index contributed by atoms with van der Waals surface area (Å²) in [5.41, 5.74) is 0.954. The molecule has 1 fully saturated rings. The Hall–Kier alpha value is -2.36. The fourth-order valence-corrected chi connectivity index (χ4v) is 4.39. The number of hydrogen-bond donors (Lipinski definition) is 0. The number of benzene rings is 2. The second-order valence-corrected chi connectivity index (χ2v) is 7.94. The Morgan fingerprint density at radius 3 is 2.19 bits per heavy atom. The van der Waals surface area contributed by atoms with Crippen molar-refractivity contribution in [3.05, 3.63) is 70.0 Å². The summed E-state index contributed by atoms with van der Waals surface area (Å²) in [6, 6.07) is 11.7. The molecule has 0 spiro atoms. The molecule has 0 radical (unpaired) electrons. The van der Waals surface area contributed by atoms with Gasteiger partial charge >= 0.3 is 0 Å². The zero-order chi connectivity index (χ0) is 18.7. The number of hydrogen-bond acceptors (Lipinski definition) is 5. The van der Waals surface area contributed by atoms with Crippen molar-refractivity contribution in [3.8, 4) is 0 Å². The summed E-state index contributed by atoms with van der Waals surface area (Å²) in [5, 5.41) is 10.7. The molecule has 3 rings (SSSR count). The predicted molar refractivity (Wildman–Crippen MR) is 93.5 cm³/mol. The van der Waals surface area contributed by atoms with Crippen molar-refractivity contribution in [2.45, 2.75) is 11.4 Å². The molecule has 0 saturated carbocycles. The first-order chi connectivity index (χ1) is 12.4. The summed E-state index contributed by atoms with van der Waals surface area (Å²) in [6.45, 7) is 2.12. The van der Waals surface area contributed by atoms with Crippen molar-refractivity contribution < 1.29 is 17.7 Å². The molecule has 1 heterocycles. The van der Waals surface area contributed by atoms with E-state index in [9.17, 15) is 22.9 Å². The van der Waals surface area contributed by atoms with Gasteiger partial charge in [0.15, 0.2) is 0 Å². The maximum atomic E-state index is 13.8. The zero-order valence-electron chi connectivity index (χ0n) is 13.9. The molecule has 2 aromatic carbocycles. The van der Waals surface area contributed by atoms with Crippen molar-refractivity contribution in [1.82, 2.24) is 9.21 Å². The van der Waals surface area contributed by atoms with Crippen molar-refractivity contribution in [1.29, 1.82) is 0 Å². The fourth-order valence-electron chi connectivity index (χ4n) is 2.90. The number of nitro groups is 1. The first-order valence-electron chi connectivity index (χ1n) is 8.08. The lowest BCUT2D eigenvalue weighted by Gasteiger charge is -2.34. The van der Waals surface area contributed by atoms with Crippen molar-refractivity contribution in [2.24, 2.45) is 0 Å². The highest BCUT2D eigenvalue weighted by molar-refractivity contribution is 7.89. The van der Waals surface area contributed by atoms with Crippen LogP contribution in [-0.2, 0) is 16.6 Å². The van der Waals surface area contributed by atoms with Gasteiger partial charge in [0.2, 0.25) is 10.0 Å². The van der Waals surface area contributed by atoms with Crippen molar-refractivity contribution >= 4 is 15.7 Å². The number of nitro benzene ring substituents is 1. The predicted octanol–water partition coefficient (Wildman–Crippen LogP) is 2.24. The van der Waals surface area contributed by atoms with Gasteiger partial charge in [0.25, 0.3) is 5.69 Å². The van der Waals surface area contributed by atoms with E-state index in [0.717, 1.165) is 11.6 Å². The highest BCUT2D eigenvalue weighted by Crippen LogP contribution is 2.21. The van der Waals surface area contributed by atoms with E-state index >= 15 is 0 Å². The van der Waals surface area contributed by atoms with E-state index in [1.807, 2.05) is 0 Å². The molecule has 0 aliphatic carbocycles. The maximum Gasteiger partial charge on any atom is 0.269 e. The average molecular weight is 379 g/mol. The minimum atomic E-state index is -3.85. The van der Waals surface area contributed by atoms with Gasteiger partial charge in [-0.1, -0.05) is 24.3 Å². The molecule has 0 atom stereocenters. The molecule has 138 valence electrons. The second-order valence-electron chi connectivity index (χ2n) is 6.03. The summed E-state index contributed by atoms with van der Waals surface area (Å²) in [6.07, 6.45) is 0. The molecular formula is C17H18FN3O4S. The lowest BCUT2D eigenvalue weighted by Crippen LogP contribution is -2.48. The number of nitrogens with zero attached hydrogens (tertiary/aromatic N) is 3. The quantitative estimate of drug-likeness (QED) is 0.588. The summed E-state index contributed by atoms with van der Waals surface area (Å²) in [7, 11) is -3.85. The molecule has 0 bridgehead atoms. The van der Waals surface area contributed by atoms with E-state index in [1.54, 1.807) is 12.1 Å². The van der Waals surface area contributed by atoms with Crippen molar-refractivity contribution in [3.63, 3.8) is 0 Å². The fraction of sp³-hybridized carbons (Fsp3) is 0.294. The lowest BCUT2D eigenvalue weighted by atomic mass is 10.2. The van der Waals surface area contributed by atoms with Gasteiger partial charge in [-0.25, -0.2) is 12.8 Å². The number of halogens is 1. The largest absolute Gasteiger partial charge is 0.296 e. The van der Waals surface area contributed by atoms with Crippen LogP contribution in [0.4, 0.5) is 10.1 Å². The van der Waals surface area contributed by atoms with Gasteiger partial charge in [0.1, 0.15) is 10.7 Å². The third-order valence-corrected chi connectivity index (χ3v) is 6.27. The number of piperazine rings is 1. The Kier molecular flexibility index (Phi) is 5.30. The molecule has 0 N–H and O–H groups in total. The Bertz CT molecular complexity index is 894. The van der Waals surface area contributed by atoms with E-state index in [4.69, 9.17) is 0 Å². The van der Waals surface area contributed by atoms with Gasteiger partial charge < -0.3 is 0 Å². The zero-order valence-corrected chi connectivity index (χ0v) is 14.7. The maximum absolute atomic E-state index is 13.8. The summed E-state index contributed by atoms with van der Waals surface area (Å²) < 4.78 is 40.3. The van der Waals surface area contributed by atoms with Crippen LogP contribution >= 0.6 is 0 Å². The molecule has 7 nitrogen and oxygen atoms in total. The molecule has 1 aliphatic rings. The molecule has 0 amide bonds. The van der Waals surface area contributed by atoms with E-state index in [0.29, 0.717) is 19.6 Å². The van der Waals surface area contributed by atoms with Gasteiger partial charge in [0, 0.05) is 44.9 Å². The second kappa shape index (κ2) is 7.48. The first kappa shape index (κ1) is 18.4. The van der Waals surface area contributed by atoms with Crippen LogP contribution < -0.4 is 0 Å². The third kappa shape index (κ3) is 3.90. The standard InChI is InChI=1S/C17H18FN3O4S/c18-16-3-1-2-4-17(16)26(24,25)20-11-9-19(10-12-20)13-14-5-7-15(8-6-14)21(22)23/h1-8H,9-13H2. The summed E-state index contributed by atoms with van der Waals surface area (Å²) >= 11 is 0. The van der Waals surface area contributed by atoms with Gasteiger partial charge in [-0.15, -0.1) is 0 Å².